The Labute approximate surface area is 184 Å². The minimum atomic E-state index is -3.81. The molecule has 1 atom stereocenters. The Morgan fingerprint density at radius 2 is 1.83 bits per heavy atom. The number of amides is 1. The highest BCUT2D eigenvalue weighted by molar-refractivity contribution is 9.10. The van der Waals surface area contributed by atoms with Crippen molar-refractivity contribution in [3.8, 4) is 0 Å². The Hall–Kier alpha value is -2.16. The first kappa shape index (κ1) is 21.1. The van der Waals surface area contributed by atoms with Crippen LogP contribution in [0.25, 0.3) is 10.9 Å². The van der Waals surface area contributed by atoms with Gasteiger partial charge in [-0.05, 0) is 36.2 Å². The summed E-state index contributed by atoms with van der Waals surface area (Å²) in [5.41, 5.74) is 3.33. The number of carbonyl (C=O) groups is 1. The molecule has 0 aliphatic carbocycles. The van der Waals surface area contributed by atoms with Gasteiger partial charge in [0, 0.05) is 46.1 Å². The first-order valence-corrected chi connectivity index (χ1v) is 12.2. The fraction of sp³-hybridized carbons (Fsp3) is 0.318. The van der Waals surface area contributed by atoms with E-state index in [1.54, 1.807) is 17.0 Å². The third kappa shape index (κ3) is 4.04. The summed E-state index contributed by atoms with van der Waals surface area (Å²) in [5.74, 6) is -0.381. The normalized spacial score (nSPS) is 15.4. The van der Waals surface area contributed by atoms with Crippen LogP contribution in [0.1, 0.15) is 25.1 Å². The number of rotatable bonds is 5. The van der Waals surface area contributed by atoms with Gasteiger partial charge in [-0.1, -0.05) is 48.0 Å². The van der Waals surface area contributed by atoms with E-state index in [1.807, 2.05) is 32.0 Å². The second-order valence-electron chi connectivity index (χ2n) is 7.93. The lowest BCUT2D eigenvalue weighted by Crippen LogP contribution is -2.52. The van der Waals surface area contributed by atoms with Gasteiger partial charge in [-0.25, -0.2) is 8.42 Å². The first-order chi connectivity index (χ1) is 14.3. The number of para-hydroxylation sites is 1. The Balaban J connectivity index is 1.57. The van der Waals surface area contributed by atoms with Gasteiger partial charge in [0.1, 0.15) is 6.04 Å². The van der Waals surface area contributed by atoms with Gasteiger partial charge >= 0.3 is 0 Å². The number of hydrogen-bond donors (Lipinski definition) is 2. The van der Waals surface area contributed by atoms with Gasteiger partial charge in [0.2, 0.25) is 15.9 Å². The summed E-state index contributed by atoms with van der Waals surface area (Å²) in [5, 5.41) is 1.11. The predicted octanol–water partition coefficient (Wildman–Crippen LogP) is 3.82. The fourth-order valence-corrected chi connectivity index (χ4v) is 5.47. The molecule has 3 aromatic rings. The van der Waals surface area contributed by atoms with E-state index >= 15 is 0 Å². The van der Waals surface area contributed by atoms with Gasteiger partial charge in [-0.3, -0.25) is 4.79 Å². The van der Waals surface area contributed by atoms with E-state index in [2.05, 4.69) is 31.7 Å². The molecule has 0 radical (unpaired) electrons. The maximum atomic E-state index is 13.4. The summed E-state index contributed by atoms with van der Waals surface area (Å²) < 4.78 is 29.2. The standard InChI is InChI=1S/C22H24BrN3O3S/c1-14(2)21(25-30(28,29)16-9-7-15(23)8-10-16)22(27)26-12-11-20-18(13-26)17-5-3-4-6-19(17)24-20/h3-10,14,21,24-25H,11-13H2,1-2H3/t21-/m0/s1. The lowest BCUT2D eigenvalue weighted by molar-refractivity contribution is -0.135. The van der Waals surface area contributed by atoms with Crippen LogP contribution < -0.4 is 4.72 Å². The van der Waals surface area contributed by atoms with Crippen molar-refractivity contribution in [1.82, 2.24) is 14.6 Å². The molecule has 6 nitrogen and oxygen atoms in total. The number of aromatic nitrogens is 1. The van der Waals surface area contributed by atoms with Crippen molar-refractivity contribution in [2.75, 3.05) is 6.54 Å². The molecule has 30 heavy (non-hydrogen) atoms. The molecule has 1 aromatic heterocycles. The highest BCUT2D eigenvalue weighted by Gasteiger charge is 2.33. The quantitative estimate of drug-likeness (QED) is 0.571. The molecule has 2 aromatic carbocycles. The summed E-state index contributed by atoms with van der Waals surface area (Å²) in [7, 11) is -3.81. The summed E-state index contributed by atoms with van der Waals surface area (Å²) in [4.78, 5) is 18.7. The lowest BCUT2D eigenvalue weighted by Gasteiger charge is -2.32. The number of H-pyrrole nitrogens is 1. The molecule has 158 valence electrons. The van der Waals surface area contributed by atoms with E-state index < -0.39 is 16.1 Å². The second-order valence-corrected chi connectivity index (χ2v) is 10.6. The van der Waals surface area contributed by atoms with Gasteiger partial charge in [0.15, 0.2) is 0 Å². The zero-order valence-electron chi connectivity index (χ0n) is 16.9. The molecule has 0 bridgehead atoms. The summed E-state index contributed by atoms with van der Waals surface area (Å²) in [6, 6.07) is 13.6. The summed E-state index contributed by atoms with van der Waals surface area (Å²) >= 11 is 3.31. The van der Waals surface area contributed by atoms with Crippen molar-refractivity contribution in [1.29, 1.82) is 0 Å². The average Bonchev–Trinajstić information content (AvgIpc) is 3.09. The van der Waals surface area contributed by atoms with E-state index in [0.717, 1.165) is 33.1 Å². The van der Waals surface area contributed by atoms with Gasteiger partial charge in [-0.2, -0.15) is 4.72 Å². The Morgan fingerprint density at radius 1 is 1.13 bits per heavy atom. The molecule has 1 aliphatic heterocycles. The van der Waals surface area contributed by atoms with Crippen molar-refractivity contribution in [3.05, 3.63) is 64.3 Å². The molecule has 0 saturated heterocycles. The molecule has 0 fully saturated rings. The van der Waals surface area contributed by atoms with Crippen LogP contribution >= 0.6 is 15.9 Å². The van der Waals surface area contributed by atoms with Crippen LogP contribution in [0.4, 0.5) is 0 Å². The van der Waals surface area contributed by atoms with Crippen LogP contribution in [0.15, 0.2) is 57.9 Å². The highest BCUT2D eigenvalue weighted by atomic mass is 79.9. The molecule has 2 heterocycles. The summed E-state index contributed by atoms with van der Waals surface area (Å²) in [6.45, 7) is 4.74. The van der Waals surface area contributed by atoms with Crippen LogP contribution in [0.5, 0.6) is 0 Å². The number of fused-ring (bicyclic) bond motifs is 3. The molecule has 1 aliphatic rings. The van der Waals surface area contributed by atoms with E-state index in [4.69, 9.17) is 0 Å². The van der Waals surface area contributed by atoms with Crippen LogP contribution in [-0.4, -0.2) is 36.8 Å². The van der Waals surface area contributed by atoms with Crippen LogP contribution in [-0.2, 0) is 27.8 Å². The number of nitrogens with zero attached hydrogens (tertiary/aromatic N) is 1. The minimum absolute atomic E-state index is 0.140. The molecule has 8 heteroatoms. The largest absolute Gasteiger partial charge is 0.358 e. The predicted molar refractivity (Wildman–Crippen MR) is 121 cm³/mol. The molecule has 0 spiro atoms. The van der Waals surface area contributed by atoms with Gasteiger partial charge in [0.25, 0.3) is 0 Å². The minimum Gasteiger partial charge on any atom is -0.358 e. The molecule has 2 N–H and O–H groups in total. The number of carbonyl (C=O) groups excluding carboxylic acids is 1. The van der Waals surface area contributed by atoms with E-state index in [9.17, 15) is 13.2 Å². The maximum Gasteiger partial charge on any atom is 0.241 e. The molecular formula is C22H24BrN3O3S. The molecule has 0 unspecified atom stereocenters. The SMILES string of the molecule is CC(C)[C@H](NS(=O)(=O)c1ccc(Br)cc1)C(=O)N1CCc2[nH]c3ccccc3c2C1. The first-order valence-electron chi connectivity index (χ1n) is 9.91. The van der Waals surface area contributed by atoms with Crippen molar-refractivity contribution in [2.24, 2.45) is 5.92 Å². The molecule has 4 rings (SSSR count). The van der Waals surface area contributed by atoms with E-state index in [1.165, 1.54) is 12.1 Å². The third-order valence-electron chi connectivity index (χ3n) is 5.53. The monoisotopic (exact) mass is 489 g/mol. The number of aromatic amines is 1. The maximum absolute atomic E-state index is 13.4. The van der Waals surface area contributed by atoms with Gasteiger partial charge < -0.3 is 9.88 Å². The van der Waals surface area contributed by atoms with Crippen molar-refractivity contribution >= 4 is 42.8 Å². The van der Waals surface area contributed by atoms with Crippen molar-refractivity contribution < 1.29 is 13.2 Å². The van der Waals surface area contributed by atoms with Crippen molar-refractivity contribution in [2.45, 2.75) is 37.8 Å². The third-order valence-corrected chi connectivity index (χ3v) is 7.52. The lowest BCUT2D eigenvalue weighted by atomic mass is 10.0. The van der Waals surface area contributed by atoms with Crippen molar-refractivity contribution in [3.63, 3.8) is 0 Å². The Bertz CT molecular complexity index is 1190. The number of sulfonamides is 1. The second kappa shape index (κ2) is 8.17. The number of hydrogen-bond acceptors (Lipinski definition) is 3. The fourth-order valence-electron chi connectivity index (χ4n) is 3.87. The number of nitrogens with one attached hydrogen (secondary N) is 2. The smallest absolute Gasteiger partial charge is 0.241 e. The van der Waals surface area contributed by atoms with Gasteiger partial charge in [0.05, 0.1) is 4.90 Å². The molecule has 1 amide bonds. The average molecular weight is 490 g/mol. The topological polar surface area (TPSA) is 82.3 Å². The van der Waals surface area contributed by atoms with Crippen LogP contribution in [0.3, 0.4) is 0 Å². The molecular weight excluding hydrogens is 466 g/mol. The van der Waals surface area contributed by atoms with Gasteiger partial charge in [-0.15, -0.1) is 0 Å². The zero-order chi connectivity index (χ0) is 21.5. The van der Waals surface area contributed by atoms with Crippen LogP contribution in [0.2, 0.25) is 0 Å². The van der Waals surface area contributed by atoms with E-state index in [0.29, 0.717) is 13.1 Å². The number of benzene rings is 2. The van der Waals surface area contributed by atoms with Crippen LogP contribution in [0, 0.1) is 5.92 Å². The number of halogens is 1. The highest BCUT2D eigenvalue weighted by Crippen LogP contribution is 2.28. The zero-order valence-corrected chi connectivity index (χ0v) is 19.3. The molecule has 0 saturated carbocycles. The Morgan fingerprint density at radius 3 is 2.53 bits per heavy atom. The van der Waals surface area contributed by atoms with E-state index in [-0.39, 0.29) is 16.7 Å². The Kier molecular flexibility index (Phi) is 5.74. The summed E-state index contributed by atoms with van der Waals surface area (Å²) in [6.07, 6.45) is 0.722.